The van der Waals surface area contributed by atoms with Crippen molar-refractivity contribution in [3.05, 3.63) is 71.8 Å². The van der Waals surface area contributed by atoms with Gasteiger partial charge in [0.25, 0.3) is 0 Å². The Balaban J connectivity index is 2.04. The number of hydrogen-bond donors (Lipinski definition) is 0. The van der Waals surface area contributed by atoms with E-state index in [9.17, 15) is 18.8 Å². The second-order valence-corrected chi connectivity index (χ2v) is 10.6. The molecule has 1 atom stereocenters. The normalized spacial score (nSPS) is 18.9. The van der Waals surface area contributed by atoms with Crippen LogP contribution in [0.5, 0.6) is 0 Å². The molecule has 140 valence electrons. The summed E-state index contributed by atoms with van der Waals surface area (Å²) < 4.78 is 40.0. The van der Waals surface area contributed by atoms with Gasteiger partial charge in [0.2, 0.25) is 0 Å². The van der Waals surface area contributed by atoms with Gasteiger partial charge in [0.1, 0.15) is 9.52 Å². The van der Waals surface area contributed by atoms with Crippen molar-refractivity contribution in [3.8, 4) is 0 Å². The lowest BCUT2D eigenvalue weighted by Crippen LogP contribution is -2.61. The van der Waals surface area contributed by atoms with Gasteiger partial charge >= 0.3 is 0 Å². The first-order chi connectivity index (χ1) is 12.4. The van der Waals surface area contributed by atoms with Gasteiger partial charge in [-0.2, -0.15) is 14.0 Å². The quantitative estimate of drug-likeness (QED) is 0.699. The summed E-state index contributed by atoms with van der Waals surface area (Å²) in [4.78, 5) is 12.5. The Bertz CT molecular complexity index is 691. The van der Waals surface area contributed by atoms with E-state index in [1.807, 2.05) is 60.7 Å². The van der Waals surface area contributed by atoms with Gasteiger partial charge < -0.3 is 0 Å². The van der Waals surface area contributed by atoms with Gasteiger partial charge in [0, 0.05) is 28.2 Å². The highest BCUT2D eigenvalue weighted by Gasteiger charge is 2.51. The number of carbonyl (C=O) groups excluding carboxylic acids is 1. The van der Waals surface area contributed by atoms with Crippen molar-refractivity contribution in [1.82, 2.24) is 0 Å². The largest absolute Gasteiger partial charge is 0.298 e. The van der Waals surface area contributed by atoms with Gasteiger partial charge in [-0.1, -0.05) is 60.7 Å². The van der Waals surface area contributed by atoms with Gasteiger partial charge in [-0.25, -0.2) is 0 Å². The molecule has 0 bridgehead atoms. The molecule has 1 fully saturated rings. The second-order valence-electron chi connectivity index (χ2n) is 6.42. The molecule has 1 aliphatic rings. The maximum absolute atomic E-state index is 12.5. The lowest BCUT2D eigenvalue weighted by atomic mass is 10.2. The minimum absolute atomic E-state index is 0.00860. The standard InChI is InChI=1S/C19H21ClO5S/c21-18-12-7-13-19(18)26(25-20(22,23)24,14-16-8-3-1-4-9-16)15-17-10-5-2-6-11-17/h1-6,8-11,19H,7,12-15H2. The third-order valence-corrected chi connectivity index (χ3v) is 9.28. The smallest absolute Gasteiger partial charge is 0.147 e. The molecule has 1 saturated carbocycles. The number of Topliss-reactive ketones (excluding diaryl/α,β-unsaturated/α-hetero) is 1. The lowest BCUT2D eigenvalue weighted by Gasteiger charge is -2.38. The zero-order valence-electron chi connectivity index (χ0n) is 14.2. The van der Waals surface area contributed by atoms with Gasteiger partial charge in [0.15, 0.2) is 0 Å². The van der Waals surface area contributed by atoms with E-state index in [0.29, 0.717) is 19.3 Å². The average molecular weight is 397 g/mol. The van der Waals surface area contributed by atoms with E-state index in [1.165, 1.54) is 0 Å². The molecule has 2 aromatic rings. The molecule has 0 saturated heterocycles. The molecule has 0 amide bonds. The summed E-state index contributed by atoms with van der Waals surface area (Å²) in [6, 6.07) is 18.6. The Labute approximate surface area is 156 Å². The zero-order valence-corrected chi connectivity index (χ0v) is 15.8. The van der Waals surface area contributed by atoms with Crippen molar-refractivity contribution in [2.75, 3.05) is 0 Å². The fourth-order valence-corrected chi connectivity index (χ4v) is 8.59. The van der Waals surface area contributed by atoms with Crippen LogP contribution in [0.15, 0.2) is 60.7 Å². The Morgan fingerprint density at radius 2 is 1.42 bits per heavy atom. The summed E-state index contributed by atoms with van der Waals surface area (Å²) in [5, 5.41) is -0.542. The molecule has 2 aromatic carbocycles. The van der Waals surface area contributed by atoms with Crippen LogP contribution in [-0.2, 0) is 20.0 Å². The molecule has 7 heteroatoms. The van der Waals surface area contributed by atoms with Gasteiger partial charge in [0.05, 0.1) is 15.5 Å². The van der Waals surface area contributed by atoms with E-state index in [0.717, 1.165) is 11.1 Å². The molecule has 26 heavy (non-hydrogen) atoms. The van der Waals surface area contributed by atoms with Crippen LogP contribution >= 0.6 is 10.3 Å². The summed E-state index contributed by atoms with van der Waals surface area (Å²) >= 11 is 0. The van der Waals surface area contributed by atoms with Crippen molar-refractivity contribution >= 4 is 16.1 Å². The number of hydrogen-bond acceptors (Lipinski definition) is 5. The number of rotatable bonds is 7. The van der Waals surface area contributed by atoms with E-state index in [4.69, 9.17) is 3.74 Å². The minimum atomic E-state index is -4.64. The predicted molar refractivity (Wildman–Crippen MR) is 91.6 cm³/mol. The highest BCUT2D eigenvalue weighted by Crippen LogP contribution is 2.63. The topological polar surface area (TPSA) is 95.5 Å². The molecule has 3 rings (SSSR count). The molecule has 0 aliphatic heterocycles. The van der Waals surface area contributed by atoms with Crippen LogP contribution in [-0.4, -0.2) is 11.0 Å². The van der Waals surface area contributed by atoms with Crippen LogP contribution in [0.25, 0.3) is 0 Å². The Kier molecular flexibility index (Phi) is 6.02. The molecule has 5 nitrogen and oxygen atoms in total. The number of benzene rings is 2. The van der Waals surface area contributed by atoms with Crippen LogP contribution < -0.4 is 14.0 Å². The molecular formula is C19H21ClO5S. The molecule has 0 spiro atoms. The Morgan fingerprint density at radius 3 is 1.81 bits per heavy atom. The monoisotopic (exact) mass is 396 g/mol. The lowest BCUT2D eigenvalue weighted by molar-refractivity contribution is -1.91. The summed E-state index contributed by atoms with van der Waals surface area (Å²) in [5.74, 6) is 0.507. The maximum atomic E-state index is 12.5. The third kappa shape index (κ3) is 4.85. The molecule has 0 N–H and O–H groups in total. The van der Waals surface area contributed by atoms with Gasteiger partial charge in [-0.3, -0.25) is 4.79 Å². The zero-order chi connectivity index (χ0) is 18.6. The number of halogens is 1. The molecule has 0 heterocycles. The molecule has 0 radical (unpaired) electrons. The highest BCUT2D eigenvalue weighted by atomic mass is 35.7. The van der Waals surface area contributed by atoms with E-state index >= 15 is 0 Å². The predicted octanol–water partition coefficient (Wildman–Crippen LogP) is 1.14. The van der Waals surface area contributed by atoms with E-state index in [2.05, 4.69) is 0 Å². The molecule has 1 unspecified atom stereocenters. The maximum Gasteiger partial charge on any atom is 0.147 e. The first kappa shape index (κ1) is 19.4. The first-order valence-electron chi connectivity index (χ1n) is 8.38. The molecule has 0 aromatic heterocycles. The highest BCUT2D eigenvalue weighted by molar-refractivity contribution is 8.29. The molecular weight excluding hydrogens is 376 g/mol. The SMILES string of the molecule is O=C1CCCC1S(Cc1ccccc1)(Cc1ccccc1)O[Cl+3]([O-])([O-])[O-]. The van der Waals surface area contributed by atoms with E-state index < -0.39 is 25.8 Å². The van der Waals surface area contributed by atoms with Crippen molar-refractivity contribution in [2.45, 2.75) is 36.0 Å². The first-order valence-corrected chi connectivity index (χ1v) is 11.6. The third-order valence-electron chi connectivity index (χ3n) is 4.48. The van der Waals surface area contributed by atoms with Crippen LogP contribution in [0.2, 0.25) is 0 Å². The van der Waals surface area contributed by atoms with Crippen LogP contribution in [0.1, 0.15) is 30.4 Å². The summed E-state index contributed by atoms with van der Waals surface area (Å²) in [6.45, 7) is 0. The minimum Gasteiger partial charge on any atom is -0.298 e. The van der Waals surface area contributed by atoms with Crippen LogP contribution in [0.3, 0.4) is 0 Å². The second kappa shape index (κ2) is 8.08. The van der Waals surface area contributed by atoms with Crippen molar-refractivity contribution in [3.63, 3.8) is 0 Å². The van der Waals surface area contributed by atoms with Crippen LogP contribution in [0, 0.1) is 10.2 Å². The van der Waals surface area contributed by atoms with Crippen molar-refractivity contribution in [2.24, 2.45) is 0 Å². The van der Waals surface area contributed by atoms with Crippen LogP contribution in [0.4, 0.5) is 0 Å². The summed E-state index contributed by atoms with van der Waals surface area (Å²) in [7, 11) is -7.19. The Morgan fingerprint density at radius 1 is 0.923 bits per heavy atom. The fourth-order valence-electron chi connectivity index (χ4n) is 3.45. The number of carbonyl (C=O) groups is 1. The fraction of sp³-hybridized carbons (Fsp3) is 0.316. The van der Waals surface area contributed by atoms with E-state index in [1.54, 1.807) is 0 Å². The Hall–Kier alpha value is -1.41. The van der Waals surface area contributed by atoms with Gasteiger partial charge in [-0.05, 0) is 24.0 Å². The van der Waals surface area contributed by atoms with Crippen molar-refractivity contribution in [1.29, 1.82) is 0 Å². The van der Waals surface area contributed by atoms with E-state index in [-0.39, 0.29) is 17.3 Å². The number of ketones is 1. The average Bonchev–Trinajstić information content (AvgIpc) is 3.02. The summed E-state index contributed by atoms with van der Waals surface area (Å²) in [5.41, 5.74) is 1.72. The van der Waals surface area contributed by atoms with Crippen molar-refractivity contribution < 1.29 is 32.8 Å². The summed E-state index contributed by atoms with van der Waals surface area (Å²) in [6.07, 6.45) is 1.65. The van der Waals surface area contributed by atoms with Gasteiger partial charge in [-0.15, -0.1) is 0 Å². The molecule has 1 aliphatic carbocycles.